The van der Waals surface area contributed by atoms with Crippen LogP contribution in [0.2, 0.25) is 0 Å². The van der Waals surface area contributed by atoms with E-state index in [9.17, 15) is 0 Å². The van der Waals surface area contributed by atoms with Gasteiger partial charge in [-0.05, 0) is 38.3 Å². The highest BCUT2D eigenvalue weighted by Crippen LogP contribution is 2.29. The molecule has 2 aliphatic heterocycles. The monoisotopic (exact) mass is 260 g/mol. The molecule has 1 N–H and O–H groups in total. The summed E-state index contributed by atoms with van der Waals surface area (Å²) in [6.07, 6.45) is 1.29. The number of anilines is 1. The minimum Gasteiger partial charge on any atom is -0.356 e. The lowest BCUT2D eigenvalue weighted by Crippen LogP contribution is -2.40. The molecule has 104 valence electrons. The van der Waals surface area contributed by atoms with Crippen molar-refractivity contribution in [3.63, 3.8) is 0 Å². The third-order valence-corrected chi connectivity index (χ3v) is 4.40. The van der Waals surface area contributed by atoms with Crippen LogP contribution in [0, 0.1) is 18.8 Å². The van der Waals surface area contributed by atoms with Gasteiger partial charge in [0.05, 0.1) is 0 Å². The zero-order valence-corrected chi connectivity index (χ0v) is 12.2. The highest BCUT2D eigenvalue weighted by molar-refractivity contribution is 5.41. The average Bonchev–Trinajstić information content (AvgIpc) is 2.85. The van der Waals surface area contributed by atoms with E-state index in [-0.39, 0.29) is 0 Å². The van der Waals surface area contributed by atoms with Gasteiger partial charge in [-0.2, -0.15) is 0 Å². The first kappa shape index (κ1) is 12.9. The fourth-order valence-electron chi connectivity index (χ4n) is 3.24. The van der Waals surface area contributed by atoms with Crippen LogP contribution in [0.5, 0.6) is 0 Å². The molecule has 2 aliphatic rings. The normalized spacial score (nSPS) is 26.8. The molecule has 19 heavy (non-hydrogen) atoms. The molecule has 0 radical (unpaired) electrons. The van der Waals surface area contributed by atoms with Gasteiger partial charge in [0.25, 0.3) is 0 Å². The van der Waals surface area contributed by atoms with Gasteiger partial charge in [0.2, 0.25) is 0 Å². The predicted molar refractivity (Wildman–Crippen MR) is 77.5 cm³/mol. The van der Waals surface area contributed by atoms with Crippen LogP contribution in [0.15, 0.2) is 6.07 Å². The van der Waals surface area contributed by atoms with Gasteiger partial charge in [-0.25, -0.2) is 9.97 Å². The van der Waals surface area contributed by atoms with E-state index >= 15 is 0 Å². The molecule has 4 heteroatoms. The lowest BCUT2D eigenvalue weighted by Gasteiger charge is -2.35. The maximum Gasteiger partial charge on any atom is 0.133 e. The van der Waals surface area contributed by atoms with Crippen LogP contribution in [0.4, 0.5) is 5.82 Å². The first-order chi connectivity index (χ1) is 9.13. The molecule has 1 aromatic heterocycles. The number of hydrogen-bond donors (Lipinski definition) is 1. The van der Waals surface area contributed by atoms with Crippen molar-refractivity contribution in [2.45, 2.75) is 33.1 Å². The molecule has 0 aliphatic carbocycles. The Bertz CT molecular complexity index is 457. The van der Waals surface area contributed by atoms with Crippen LogP contribution >= 0.6 is 0 Å². The second kappa shape index (κ2) is 5.08. The topological polar surface area (TPSA) is 41.0 Å². The molecule has 2 unspecified atom stereocenters. The number of aryl methyl sites for hydroxylation is 1. The largest absolute Gasteiger partial charge is 0.356 e. The third-order valence-electron chi connectivity index (χ3n) is 4.40. The van der Waals surface area contributed by atoms with Gasteiger partial charge < -0.3 is 10.2 Å². The summed E-state index contributed by atoms with van der Waals surface area (Å²) < 4.78 is 0. The minimum atomic E-state index is 0.393. The van der Waals surface area contributed by atoms with E-state index in [2.05, 4.69) is 42.0 Å². The predicted octanol–water partition coefficient (Wildman–Crippen LogP) is 1.95. The number of piperidine rings is 1. The van der Waals surface area contributed by atoms with E-state index in [1.807, 2.05) is 0 Å². The van der Waals surface area contributed by atoms with Crippen LogP contribution in [0.1, 0.15) is 37.7 Å². The van der Waals surface area contributed by atoms with Crippen molar-refractivity contribution < 1.29 is 0 Å². The smallest absolute Gasteiger partial charge is 0.133 e. The molecule has 3 rings (SSSR count). The standard InChI is InChI=1S/C15H24N4/c1-10(2)15-17-11(3)6-14(18-15)19-5-4-12-7-16-8-13(12)9-19/h6,10,12-13,16H,4-5,7-9H2,1-3H3. The summed E-state index contributed by atoms with van der Waals surface area (Å²) in [6.45, 7) is 11.0. The Hall–Kier alpha value is -1.16. The molecular weight excluding hydrogens is 236 g/mol. The van der Waals surface area contributed by atoms with Crippen LogP contribution in [0.3, 0.4) is 0 Å². The Labute approximate surface area is 115 Å². The molecule has 0 spiro atoms. The SMILES string of the molecule is Cc1cc(N2CCC3CNCC3C2)nc(C(C)C)n1. The summed E-state index contributed by atoms with van der Waals surface area (Å²) in [5, 5.41) is 3.52. The van der Waals surface area contributed by atoms with Crippen LogP contribution < -0.4 is 10.2 Å². The molecule has 0 aromatic carbocycles. The molecule has 2 saturated heterocycles. The van der Waals surface area contributed by atoms with Crippen molar-refractivity contribution in [2.75, 3.05) is 31.1 Å². The summed E-state index contributed by atoms with van der Waals surface area (Å²) in [6, 6.07) is 2.13. The van der Waals surface area contributed by atoms with Gasteiger partial charge in [-0.3, -0.25) is 0 Å². The van der Waals surface area contributed by atoms with Crippen molar-refractivity contribution >= 4 is 5.82 Å². The molecule has 2 atom stereocenters. The zero-order valence-electron chi connectivity index (χ0n) is 12.2. The van der Waals surface area contributed by atoms with Gasteiger partial charge in [0.15, 0.2) is 0 Å². The van der Waals surface area contributed by atoms with E-state index in [0.717, 1.165) is 42.3 Å². The number of hydrogen-bond acceptors (Lipinski definition) is 4. The zero-order chi connectivity index (χ0) is 13.4. The van der Waals surface area contributed by atoms with Crippen molar-refractivity contribution in [1.29, 1.82) is 0 Å². The lowest BCUT2D eigenvalue weighted by molar-refractivity contribution is 0.347. The van der Waals surface area contributed by atoms with E-state index in [1.165, 1.54) is 19.5 Å². The third kappa shape index (κ3) is 2.59. The maximum atomic E-state index is 4.77. The molecule has 0 amide bonds. The van der Waals surface area contributed by atoms with Crippen molar-refractivity contribution in [3.05, 3.63) is 17.6 Å². The summed E-state index contributed by atoms with van der Waals surface area (Å²) in [4.78, 5) is 11.8. The van der Waals surface area contributed by atoms with E-state index in [4.69, 9.17) is 4.98 Å². The Kier molecular flexibility index (Phi) is 3.44. The molecule has 0 bridgehead atoms. The average molecular weight is 260 g/mol. The minimum absolute atomic E-state index is 0.393. The van der Waals surface area contributed by atoms with Gasteiger partial charge in [-0.1, -0.05) is 13.8 Å². The first-order valence-corrected chi connectivity index (χ1v) is 7.44. The van der Waals surface area contributed by atoms with Crippen molar-refractivity contribution in [3.8, 4) is 0 Å². The molecule has 4 nitrogen and oxygen atoms in total. The van der Waals surface area contributed by atoms with Crippen LogP contribution in [-0.2, 0) is 0 Å². The van der Waals surface area contributed by atoms with E-state index < -0.39 is 0 Å². The molecule has 2 fully saturated rings. The first-order valence-electron chi connectivity index (χ1n) is 7.44. The fourth-order valence-corrected chi connectivity index (χ4v) is 3.24. The Morgan fingerprint density at radius 2 is 2.05 bits per heavy atom. The Morgan fingerprint density at radius 1 is 1.26 bits per heavy atom. The number of fused-ring (bicyclic) bond motifs is 1. The Balaban J connectivity index is 1.81. The van der Waals surface area contributed by atoms with Gasteiger partial charge >= 0.3 is 0 Å². The summed E-state index contributed by atoms with van der Waals surface area (Å²) >= 11 is 0. The quantitative estimate of drug-likeness (QED) is 0.882. The fraction of sp³-hybridized carbons (Fsp3) is 0.733. The van der Waals surface area contributed by atoms with Gasteiger partial charge in [-0.15, -0.1) is 0 Å². The maximum absolute atomic E-state index is 4.77. The second-order valence-electron chi connectivity index (χ2n) is 6.29. The van der Waals surface area contributed by atoms with Crippen LogP contribution in [-0.4, -0.2) is 36.1 Å². The summed E-state index contributed by atoms with van der Waals surface area (Å²) in [5.41, 5.74) is 1.08. The number of rotatable bonds is 2. The highest BCUT2D eigenvalue weighted by Gasteiger charge is 2.33. The number of nitrogens with zero attached hydrogens (tertiary/aromatic N) is 3. The highest BCUT2D eigenvalue weighted by atomic mass is 15.2. The molecular formula is C15H24N4. The Morgan fingerprint density at radius 3 is 2.84 bits per heavy atom. The van der Waals surface area contributed by atoms with Gasteiger partial charge in [0, 0.05) is 30.8 Å². The van der Waals surface area contributed by atoms with E-state index in [0.29, 0.717) is 5.92 Å². The molecule has 3 heterocycles. The van der Waals surface area contributed by atoms with Crippen LogP contribution in [0.25, 0.3) is 0 Å². The lowest BCUT2D eigenvalue weighted by atomic mass is 9.89. The summed E-state index contributed by atoms with van der Waals surface area (Å²) in [7, 11) is 0. The summed E-state index contributed by atoms with van der Waals surface area (Å²) in [5.74, 6) is 4.17. The number of nitrogens with one attached hydrogen (secondary N) is 1. The molecule has 1 aromatic rings. The van der Waals surface area contributed by atoms with E-state index in [1.54, 1.807) is 0 Å². The van der Waals surface area contributed by atoms with Crippen molar-refractivity contribution in [2.24, 2.45) is 11.8 Å². The molecule has 0 saturated carbocycles. The van der Waals surface area contributed by atoms with Crippen molar-refractivity contribution in [1.82, 2.24) is 15.3 Å². The number of aromatic nitrogens is 2. The second-order valence-corrected chi connectivity index (χ2v) is 6.29. The van der Waals surface area contributed by atoms with Gasteiger partial charge in [0.1, 0.15) is 11.6 Å².